The highest BCUT2D eigenvalue weighted by Gasteiger charge is 2.14. The minimum Gasteiger partial charge on any atom is -0.268 e. The van der Waals surface area contributed by atoms with Crippen molar-refractivity contribution >= 4 is 57.3 Å². The van der Waals surface area contributed by atoms with Gasteiger partial charge in [-0.3, -0.25) is 8.65 Å². The van der Waals surface area contributed by atoms with Crippen LogP contribution in [0.15, 0.2) is 59.6 Å². The molecule has 0 amide bonds. The summed E-state index contributed by atoms with van der Waals surface area (Å²) >= 11 is 5.74. The Kier molecular flexibility index (Phi) is 4.83. The molecule has 0 unspecified atom stereocenters. The number of benzene rings is 1. The van der Waals surface area contributed by atoms with Gasteiger partial charge in [0, 0.05) is 69.9 Å². The van der Waals surface area contributed by atoms with E-state index in [1.165, 1.54) is 12.1 Å². The average Bonchev–Trinajstić information content (AvgIpc) is 3.20. The third-order valence-corrected chi connectivity index (χ3v) is 5.99. The van der Waals surface area contributed by atoms with Crippen molar-refractivity contribution in [2.75, 3.05) is 0 Å². The molecule has 4 nitrogen and oxygen atoms in total. The summed E-state index contributed by atoms with van der Waals surface area (Å²) < 4.78 is 17.9. The van der Waals surface area contributed by atoms with Gasteiger partial charge in [0.1, 0.15) is 5.82 Å². The molecule has 0 fully saturated rings. The van der Waals surface area contributed by atoms with Gasteiger partial charge in [0.25, 0.3) is 0 Å². The summed E-state index contributed by atoms with van der Waals surface area (Å²) in [7, 11) is 1.58. The van der Waals surface area contributed by atoms with E-state index in [2.05, 4.69) is 59.5 Å². The summed E-state index contributed by atoms with van der Waals surface area (Å²) in [5.41, 5.74) is 4.03. The lowest BCUT2D eigenvalue weighted by Crippen LogP contribution is -1.99. The molecule has 0 aliphatic heterocycles. The molecule has 0 aliphatic carbocycles. The van der Waals surface area contributed by atoms with Crippen LogP contribution in [0.2, 0.25) is 0 Å². The van der Waals surface area contributed by atoms with E-state index in [0.29, 0.717) is 6.54 Å². The van der Waals surface area contributed by atoms with Gasteiger partial charge in [-0.15, -0.1) is 0 Å². The number of halogens is 3. The normalized spacial score (nSPS) is 11.3. The van der Waals surface area contributed by atoms with Crippen LogP contribution in [0.5, 0.6) is 0 Å². The predicted molar refractivity (Wildman–Crippen MR) is 111 cm³/mol. The van der Waals surface area contributed by atoms with E-state index in [1.54, 1.807) is 27.4 Å². The topological polar surface area (TPSA) is 35.6 Å². The van der Waals surface area contributed by atoms with E-state index >= 15 is 0 Å². The molecule has 0 radical (unpaired) electrons. The zero-order chi connectivity index (χ0) is 17.4. The molecule has 3 aromatic heterocycles. The Morgan fingerprint density at radius 1 is 1.16 bits per heavy atom. The van der Waals surface area contributed by atoms with Crippen LogP contribution in [0.4, 0.5) is 4.39 Å². The Hall–Kier alpha value is -1.39. The van der Waals surface area contributed by atoms with Crippen LogP contribution < -0.4 is 0 Å². The van der Waals surface area contributed by atoms with Crippen LogP contribution in [-0.2, 0) is 6.54 Å². The van der Waals surface area contributed by atoms with Crippen molar-refractivity contribution in [1.82, 2.24) is 18.7 Å². The van der Waals surface area contributed by atoms with Crippen LogP contribution in [0.1, 0.15) is 5.56 Å². The third-order valence-electron chi connectivity index (χ3n) is 3.85. The zero-order valence-corrected chi connectivity index (χ0v) is 17.3. The average molecular weight is 529 g/mol. The van der Waals surface area contributed by atoms with Crippen LogP contribution in [0.3, 0.4) is 0 Å². The lowest BCUT2D eigenvalue weighted by Gasteiger charge is -2.01. The van der Waals surface area contributed by atoms with Crippen LogP contribution >= 0.6 is 46.3 Å². The monoisotopic (exact) mass is 528 g/mol. The van der Waals surface area contributed by atoms with E-state index in [4.69, 9.17) is 0 Å². The van der Waals surface area contributed by atoms with Crippen molar-refractivity contribution in [3.63, 3.8) is 0 Å². The number of rotatable bonds is 4. The molecule has 0 bridgehead atoms. The number of nitrogens with zero attached hydrogens (tertiary/aromatic N) is 4. The van der Waals surface area contributed by atoms with Crippen molar-refractivity contribution < 1.29 is 4.39 Å². The third kappa shape index (κ3) is 3.47. The fourth-order valence-electron chi connectivity index (χ4n) is 2.70. The van der Waals surface area contributed by atoms with Gasteiger partial charge >= 0.3 is 0 Å². The second-order valence-corrected chi connectivity index (χ2v) is 8.14. The van der Waals surface area contributed by atoms with Gasteiger partial charge in [0.2, 0.25) is 0 Å². The quantitative estimate of drug-likeness (QED) is 0.319. The summed E-state index contributed by atoms with van der Waals surface area (Å²) in [6.45, 7) is 0.599. The summed E-state index contributed by atoms with van der Waals surface area (Å²) in [5, 5.41) is 5.52. The Bertz CT molecular complexity index is 1040. The molecule has 0 N–H and O–H groups in total. The highest BCUT2D eigenvalue weighted by atomic mass is 127. The molecular formula is C17H11BrFIN4S. The number of fused-ring (bicyclic) bond motifs is 1. The number of aromatic nitrogens is 4. The van der Waals surface area contributed by atoms with Crippen molar-refractivity contribution in [2.24, 2.45) is 0 Å². The first-order valence-corrected chi connectivity index (χ1v) is 11.5. The fraction of sp³-hybridized carbons (Fsp3) is 0.0588. The largest absolute Gasteiger partial charge is 0.268 e. The van der Waals surface area contributed by atoms with Gasteiger partial charge in [-0.05, 0) is 39.7 Å². The number of hydrogen-bond donors (Lipinski definition) is 0. The van der Waals surface area contributed by atoms with Crippen molar-refractivity contribution in [3.8, 4) is 11.1 Å². The molecule has 0 saturated heterocycles. The van der Waals surface area contributed by atoms with Gasteiger partial charge in [-0.2, -0.15) is 5.10 Å². The lowest BCUT2D eigenvalue weighted by molar-refractivity contribution is 0.624. The van der Waals surface area contributed by atoms with Crippen LogP contribution in [0.25, 0.3) is 22.2 Å². The number of pyridine rings is 1. The molecule has 4 aromatic rings. The highest BCUT2D eigenvalue weighted by Crippen LogP contribution is 2.34. The number of hydrogen-bond acceptors (Lipinski definition) is 3. The summed E-state index contributed by atoms with van der Waals surface area (Å²) in [6.07, 6.45) is 7.72. The Balaban J connectivity index is 1.71. The first-order chi connectivity index (χ1) is 12.1. The summed E-state index contributed by atoms with van der Waals surface area (Å²) in [5.74, 6) is -0.230. The van der Waals surface area contributed by atoms with E-state index in [-0.39, 0.29) is 5.82 Å². The SMILES string of the molecule is Fc1ccc(Cn2cc(-c3cn(SI)c4ncc(Br)cc34)cn2)cc1. The molecule has 126 valence electrons. The molecule has 3 heterocycles. The van der Waals surface area contributed by atoms with Gasteiger partial charge in [-0.25, -0.2) is 9.37 Å². The van der Waals surface area contributed by atoms with Gasteiger partial charge < -0.3 is 0 Å². The van der Waals surface area contributed by atoms with Crippen LogP contribution in [0, 0.1) is 5.82 Å². The first-order valence-electron chi connectivity index (χ1n) is 7.37. The minimum absolute atomic E-state index is 0.230. The van der Waals surface area contributed by atoms with Crippen molar-refractivity contribution in [3.05, 3.63) is 71.0 Å². The molecule has 0 aliphatic rings. The minimum atomic E-state index is -0.230. The molecule has 25 heavy (non-hydrogen) atoms. The second kappa shape index (κ2) is 7.08. The maximum Gasteiger partial charge on any atom is 0.151 e. The van der Waals surface area contributed by atoms with Gasteiger partial charge in [0.05, 0.1) is 12.7 Å². The first kappa shape index (κ1) is 17.0. The maximum atomic E-state index is 13.0. The molecule has 4 rings (SSSR count). The summed E-state index contributed by atoms with van der Waals surface area (Å²) in [4.78, 5) is 4.51. The fourth-order valence-corrected chi connectivity index (χ4v) is 4.29. The smallest absolute Gasteiger partial charge is 0.151 e. The van der Waals surface area contributed by atoms with Crippen molar-refractivity contribution in [2.45, 2.75) is 6.54 Å². The van der Waals surface area contributed by atoms with Gasteiger partial charge in [0.15, 0.2) is 5.65 Å². The van der Waals surface area contributed by atoms with Gasteiger partial charge in [-0.1, -0.05) is 12.1 Å². The zero-order valence-electron chi connectivity index (χ0n) is 12.7. The Morgan fingerprint density at radius 2 is 1.96 bits per heavy atom. The molecule has 0 spiro atoms. The molecule has 0 saturated carbocycles. The molecule has 0 atom stereocenters. The van der Waals surface area contributed by atoms with Crippen molar-refractivity contribution in [1.29, 1.82) is 0 Å². The predicted octanol–water partition coefficient (Wildman–Crippen LogP) is 5.70. The Labute approximate surface area is 168 Å². The molecule has 1 aromatic carbocycles. The maximum absolute atomic E-state index is 13.0. The second-order valence-electron chi connectivity index (χ2n) is 5.52. The molecule has 8 heteroatoms. The van der Waals surface area contributed by atoms with E-state index in [9.17, 15) is 4.39 Å². The summed E-state index contributed by atoms with van der Waals surface area (Å²) in [6, 6.07) is 8.55. The Morgan fingerprint density at radius 3 is 2.72 bits per heavy atom. The van der Waals surface area contributed by atoms with Crippen LogP contribution in [-0.4, -0.2) is 18.7 Å². The lowest BCUT2D eigenvalue weighted by atomic mass is 10.1. The van der Waals surface area contributed by atoms with E-state index in [0.717, 1.165) is 32.2 Å². The van der Waals surface area contributed by atoms with E-state index in [1.807, 2.05) is 21.0 Å². The standard InChI is InChI=1S/C17H11BrFIN4S/c18-13-5-15-16(10-24(25-20)17(15)21-7-13)12-6-22-23(9-12)8-11-1-3-14(19)4-2-11/h1-7,9-10H,8H2. The molecular weight excluding hydrogens is 518 g/mol. The highest BCUT2D eigenvalue weighted by molar-refractivity contribution is 14.2. The van der Waals surface area contributed by atoms with E-state index < -0.39 is 0 Å².